The first kappa shape index (κ1) is 37.9. The third kappa shape index (κ3) is 6.77. The molecule has 54 heavy (non-hydrogen) atoms. The van der Waals surface area contributed by atoms with Crippen LogP contribution < -0.4 is 0 Å². The Morgan fingerprint density at radius 2 is 0.630 bits per heavy atom. The molecule has 0 radical (unpaired) electrons. The first-order valence-electron chi connectivity index (χ1n) is 20.7. The van der Waals surface area contributed by atoms with E-state index in [9.17, 15) is 19.2 Å². The minimum absolute atomic E-state index is 0.240. The molecule has 0 unspecified atom stereocenters. The highest BCUT2D eigenvalue weighted by Gasteiger charge is 2.36. The second kappa shape index (κ2) is 16.5. The number of hydrogen-bond acceptors (Lipinski definition) is 6. The van der Waals surface area contributed by atoms with Gasteiger partial charge in [-0.25, -0.2) is 0 Å². The van der Waals surface area contributed by atoms with Crippen molar-refractivity contribution in [2.75, 3.05) is 52.4 Å². The topological polar surface area (TPSA) is 81.2 Å². The van der Waals surface area contributed by atoms with Gasteiger partial charge in [0.25, 0.3) is 23.6 Å². The van der Waals surface area contributed by atoms with Gasteiger partial charge in [0.1, 0.15) is 0 Å². The smallest absolute Gasteiger partial charge is 0.261 e. The molecule has 0 atom stereocenters. The second-order valence-corrected chi connectivity index (χ2v) is 15.5. The number of unbranched alkanes of at least 4 members (excludes halogenated alkanes) is 4. The summed E-state index contributed by atoms with van der Waals surface area (Å²) in [4.78, 5) is 64.0. The normalized spacial score (nSPS) is 14.6. The molecule has 0 saturated carbocycles. The van der Waals surface area contributed by atoms with Crippen molar-refractivity contribution in [3.8, 4) is 0 Å². The van der Waals surface area contributed by atoms with E-state index in [1.165, 1.54) is 9.80 Å². The number of imide groups is 2. The fourth-order valence-corrected chi connectivity index (χ4v) is 8.88. The predicted molar refractivity (Wildman–Crippen MR) is 220 cm³/mol. The molecule has 0 saturated heterocycles. The third-order valence-electron chi connectivity index (χ3n) is 11.8. The molecule has 5 aromatic carbocycles. The fraction of sp³-hybridized carbons (Fsp3) is 0.478. The zero-order valence-electron chi connectivity index (χ0n) is 32.8. The summed E-state index contributed by atoms with van der Waals surface area (Å²) in [6.07, 6.45) is 10.6. The van der Waals surface area contributed by atoms with E-state index >= 15 is 0 Å². The molecular weight excluding hydrogens is 673 g/mol. The maximum atomic E-state index is 14.1. The van der Waals surface area contributed by atoms with Crippen molar-refractivity contribution in [3.63, 3.8) is 0 Å². The van der Waals surface area contributed by atoms with Crippen molar-refractivity contribution in [1.29, 1.82) is 0 Å². The Hall–Kier alpha value is -4.40. The van der Waals surface area contributed by atoms with Gasteiger partial charge in [-0.3, -0.25) is 29.0 Å². The van der Waals surface area contributed by atoms with Crippen LogP contribution >= 0.6 is 0 Å². The predicted octanol–water partition coefficient (Wildman–Crippen LogP) is 9.51. The number of fused-ring (bicyclic) bond motifs is 2. The summed E-state index contributed by atoms with van der Waals surface area (Å²) in [7, 11) is 0. The Morgan fingerprint density at radius 1 is 0.370 bits per heavy atom. The SMILES string of the molecule is CCCCN(CCCC)CCCN1C(=O)c2ccc3c4ccc5c6c(ccc(c7ccc(c2c37)C1=O)c64)C(=O)N(CCCN(CCCC)CCCC)C5=O. The molecule has 0 aliphatic carbocycles. The average molecular weight is 729 g/mol. The highest BCUT2D eigenvalue weighted by atomic mass is 16.2. The fourth-order valence-electron chi connectivity index (χ4n) is 8.88. The molecule has 0 N–H and O–H groups in total. The lowest BCUT2D eigenvalue weighted by atomic mass is 9.82. The summed E-state index contributed by atoms with van der Waals surface area (Å²) in [6, 6.07) is 15.4. The van der Waals surface area contributed by atoms with Crippen LogP contribution in [0.5, 0.6) is 0 Å². The maximum Gasteiger partial charge on any atom is 0.261 e. The van der Waals surface area contributed by atoms with Crippen LogP contribution in [0.25, 0.3) is 43.1 Å². The largest absolute Gasteiger partial charge is 0.303 e. The van der Waals surface area contributed by atoms with Crippen molar-refractivity contribution in [2.45, 2.75) is 91.9 Å². The van der Waals surface area contributed by atoms with Crippen LogP contribution in [0.3, 0.4) is 0 Å². The van der Waals surface area contributed by atoms with Gasteiger partial charge in [-0.2, -0.15) is 0 Å². The van der Waals surface area contributed by atoms with E-state index in [0.717, 1.165) is 136 Å². The number of hydrogen-bond donors (Lipinski definition) is 0. The quantitative estimate of drug-likeness (QED) is 0.0451. The molecule has 2 aliphatic heterocycles. The van der Waals surface area contributed by atoms with Crippen molar-refractivity contribution >= 4 is 66.7 Å². The molecule has 4 amide bonds. The van der Waals surface area contributed by atoms with E-state index in [-0.39, 0.29) is 23.6 Å². The summed E-state index contributed by atoms with van der Waals surface area (Å²) < 4.78 is 0. The highest BCUT2D eigenvalue weighted by Crippen LogP contribution is 2.46. The third-order valence-corrected chi connectivity index (χ3v) is 11.8. The Labute approximate surface area is 319 Å². The first-order chi connectivity index (χ1) is 26.3. The zero-order valence-corrected chi connectivity index (χ0v) is 32.8. The van der Waals surface area contributed by atoms with Crippen LogP contribution in [0, 0.1) is 0 Å². The molecule has 0 bridgehead atoms. The maximum absolute atomic E-state index is 14.1. The second-order valence-electron chi connectivity index (χ2n) is 15.5. The Kier molecular flexibility index (Phi) is 11.6. The Morgan fingerprint density at radius 3 is 0.889 bits per heavy atom. The van der Waals surface area contributed by atoms with Gasteiger partial charge >= 0.3 is 0 Å². The van der Waals surface area contributed by atoms with Gasteiger partial charge in [-0.15, -0.1) is 0 Å². The molecule has 5 aromatic rings. The lowest BCUT2D eigenvalue weighted by molar-refractivity contribution is 0.0588. The van der Waals surface area contributed by atoms with Crippen LogP contribution in [0.4, 0.5) is 0 Å². The Balaban J connectivity index is 1.19. The first-order valence-corrected chi connectivity index (χ1v) is 20.7. The molecule has 8 nitrogen and oxygen atoms in total. The molecule has 0 fully saturated rings. The number of carbonyl (C=O) groups is 4. The van der Waals surface area contributed by atoms with Crippen LogP contribution in [0.15, 0.2) is 48.5 Å². The molecule has 2 aliphatic rings. The van der Waals surface area contributed by atoms with Crippen LogP contribution in [0.2, 0.25) is 0 Å². The summed E-state index contributed by atoms with van der Waals surface area (Å²) in [6.45, 7) is 15.5. The number of carbonyl (C=O) groups excluding carboxylic acids is 4. The monoisotopic (exact) mass is 728 g/mol. The molecule has 0 aromatic heterocycles. The lowest BCUT2D eigenvalue weighted by Crippen LogP contribution is -2.42. The summed E-state index contributed by atoms with van der Waals surface area (Å²) in [5.74, 6) is -0.959. The van der Waals surface area contributed by atoms with E-state index in [4.69, 9.17) is 0 Å². The van der Waals surface area contributed by atoms with Crippen molar-refractivity contribution < 1.29 is 19.2 Å². The number of amides is 4. The molecule has 2 heterocycles. The van der Waals surface area contributed by atoms with Crippen LogP contribution in [-0.2, 0) is 0 Å². The average Bonchev–Trinajstić information content (AvgIpc) is 3.19. The standard InChI is InChI=1S/C46H56N4O4/c1-5-9-23-47(24-10-6-2)27-13-29-49-43(51)35-19-15-31-33-17-21-37-42-38(22-18-34(40(33)42)32-16-20-36(44(49)52)41(35)39(31)32)46(54)50(45(37)53)30-14-28-48(25-11-7-3)26-12-8-4/h15-22H,5-14,23-30H2,1-4H3. The molecule has 8 heteroatoms. The number of nitrogens with zero attached hydrogens (tertiary/aromatic N) is 4. The van der Waals surface area contributed by atoms with Gasteiger partial charge in [0.15, 0.2) is 0 Å². The zero-order chi connectivity index (χ0) is 37.9. The number of rotatable bonds is 20. The summed E-state index contributed by atoms with van der Waals surface area (Å²) in [5.41, 5.74) is 2.21. The highest BCUT2D eigenvalue weighted by molar-refractivity contribution is 6.41. The van der Waals surface area contributed by atoms with Crippen molar-refractivity contribution in [2.24, 2.45) is 0 Å². The molecular formula is C46H56N4O4. The molecule has 7 rings (SSSR count). The molecule has 0 spiro atoms. The van der Waals surface area contributed by atoms with Gasteiger partial charge in [0, 0.05) is 46.1 Å². The Bertz CT molecular complexity index is 1920. The minimum atomic E-state index is -0.240. The van der Waals surface area contributed by atoms with Gasteiger partial charge < -0.3 is 9.80 Å². The summed E-state index contributed by atoms with van der Waals surface area (Å²) in [5, 5.41) is 6.84. The molecule has 284 valence electrons. The number of benzene rings is 5. The minimum Gasteiger partial charge on any atom is -0.303 e. The van der Waals surface area contributed by atoms with Gasteiger partial charge in [0.2, 0.25) is 0 Å². The van der Waals surface area contributed by atoms with E-state index in [2.05, 4.69) is 37.5 Å². The lowest BCUT2D eigenvalue weighted by Gasteiger charge is -2.31. The van der Waals surface area contributed by atoms with Crippen LogP contribution in [0.1, 0.15) is 133 Å². The van der Waals surface area contributed by atoms with Gasteiger partial charge in [0.05, 0.1) is 0 Å². The van der Waals surface area contributed by atoms with Crippen LogP contribution in [-0.4, -0.2) is 95.6 Å². The van der Waals surface area contributed by atoms with E-state index < -0.39 is 0 Å². The summed E-state index contributed by atoms with van der Waals surface area (Å²) >= 11 is 0. The van der Waals surface area contributed by atoms with Crippen molar-refractivity contribution in [3.05, 3.63) is 70.8 Å². The van der Waals surface area contributed by atoms with Gasteiger partial charge in [-0.05, 0) is 134 Å². The van der Waals surface area contributed by atoms with E-state index in [0.29, 0.717) is 46.1 Å². The van der Waals surface area contributed by atoms with Gasteiger partial charge in [-0.1, -0.05) is 77.6 Å². The van der Waals surface area contributed by atoms with E-state index in [1.54, 1.807) is 0 Å². The van der Waals surface area contributed by atoms with E-state index in [1.807, 2.05) is 48.5 Å². The van der Waals surface area contributed by atoms with Crippen molar-refractivity contribution in [1.82, 2.24) is 19.6 Å².